The van der Waals surface area contributed by atoms with E-state index in [-0.39, 0.29) is 11.7 Å². The zero-order valence-corrected chi connectivity index (χ0v) is 11.1. The molecular weight excluding hydrogens is 260 g/mol. The predicted octanol–water partition coefficient (Wildman–Crippen LogP) is 1.56. The first-order chi connectivity index (χ1) is 8.04. The third-order valence-corrected chi connectivity index (χ3v) is 3.66. The number of amides is 1. The van der Waals surface area contributed by atoms with Crippen LogP contribution in [0.5, 0.6) is 0 Å². The van der Waals surface area contributed by atoms with Crippen molar-refractivity contribution in [1.29, 1.82) is 0 Å². The lowest BCUT2D eigenvalue weighted by Gasteiger charge is -2.06. The Kier molecular flexibility index (Phi) is 5.44. The molecule has 0 aromatic heterocycles. The van der Waals surface area contributed by atoms with Crippen LogP contribution in [0, 0.1) is 0 Å². The Hall–Kier alpha value is -1.07. The van der Waals surface area contributed by atoms with E-state index in [9.17, 15) is 9.00 Å². The highest BCUT2D eigenvalue weighted by molar-refractivity contribution is 7.86. The number of rotatable bonds is 5. The highest BCUT2D eigenvalue weighted by Gasteiger charge is 2.12. The first kappa shape index (κ1) is 14.0. The highest BCUT2D eigenvalue weighted by atomic mass is 35.5. The minimum absolute atomic E-state index is 0.0927. The van der Waals surface area contributed by atoms with E-state index >= 15 is 0 Å². The molecule has 1 aromatic rings. The number of anilines is 1. The van der Waals surface area contributed by atoms with Gasteiger partial charge >= 0.3 is 0 Å². The summed E-state index contributed by atoms with van der Waals surface area (Å²) in [6.07, 6.45) is 0.845. The lowest BCUT2D eigenvalue weighted by molar-refractivity contribution is -0.118. The minimum atomic E-state index is -1.46. The van der Waals surface area contributed by atoms with E-state index in [1.165, 1.54) is 6.07 Å². The highest BCUT2D eigenvalue weighted by Crippen LogP contribution is 2.21. The van der Waals surface area contributed by atoms with Gasteiger partial charge in [-0.2, -0.15) is 0 Å². The molecule has 0 aliphatic rings. The number of nitrogens with two attached hydrogens (primary N) is 1. The average Bonchev–Trinajstić information content (AvgIpc) is 2.29. The first-order valence-electron chi connectivity index (χ1n) is 5.24. The molecule has 0 radical (unpaired) electrons. The molecule has 6 heteroatoms. The molecule has 1 aromatic carbocycles. The fourth-order valence-corrected chi connectivity index (χ4v) is 2.54. The van der Waals surface area contributed by atoms with E-state index in [4.69, 9.17) is 17.3 Å². The van der Waals surface area contributed by atoms with Crippen LogP contribution in [0.1, 0.15) is 13.3 Å². The number of halogens is 1. The summed E-state index contributed by atoms with van der Waals surface area (Å²) in [6, 6.07) is 4.73. The van der Waals surface area contributed by atoms with E-state index < -0.39 is 10.8 Å². The molecule has 1 unspecified atom stereocenters. The summed E-state index contributed by atoms with van der Waals surface area (Å²) in [6.45, 7) is 2.53. The molecule has 0 saturated heterocycles. The van der Waals surface area contributed by atoms with Crippen molar-refractivity contribution in [2.45, 2.75) is 18.2 Å². The number of hydrogen-bond donors (Lipinski definition) is 2. The Labute approximate surface area is 108 Å². The summed E-state index contributed by atoms with van der Waals surface area (Å²) in [7, 11) is -1.46. The standard InChI is InChI=1S/C11H15ClN2O2S/c1-2-5-14-11(15)7-17(16)10-6-8(12)3-4-9(10)13/h3-4,6H,2,5,7,13H2,1H3,(H,14,15). The molecule has 1 amide bonds. The zero-order chi connectivity index (χ0) is 12.8. The second kappa shape index (κ2) is 6.61. The van der Waals surface area contributed by atoms with Crippen LogP contribution in [0.25, 0.3) is 0 Å². The van der Waals surface area contributed by atoms with E-state index in [0.29, 0.717) is 22.2 Å². The third-order valence-electron chi connectivity index (χ3n) is 2.06. The molecule has 1 atom stereocenters. The number of carbonyl (C=O) groups excluding carboxylic acids is 1. The second-order valence-electron chi connectivity index (χ2n) is 3.52. The Morgan fingerprint density at radius 3 is 2.88 bits per heavy atom. The van der Waals surface area contributed by atoms with Crippen LogP contribution in [0.4, 0.5) is 5.69 Å². The van der Waals surface area contributed by atoms with E-state index in [1.54, 1.807) is 12.1 Å². The van der Waals surface area contributed by atoms with Gasteiger partial charge in [-0.05, 0) is 24.6 Å². The van der Waals surface area contributed by atoms with Crippen LogP contribution in [-0.2, 0) is 15.6 Å². The van der Waals surface area contributed by atoms with Crippen LogP contribution in [0.15, 0.2) is 23.1 Å². The normalized spacial score (nSPS) is 12.1. The molecule has 0 bridgehead atoms. The second-order valence-corrected chi connectivity index (χ2v) is 5.38. The summed E-state index contributed by atoms with van der Waals surface area (Å²) in [5, 5.41) is 3.12. The minimum Gasteiger partial charge on any atom is -0.398 e. The molecule has 94 valence electrons. The predicted molar refractivity (Wildman–Crippen MR) is 70.4 cm³/mol. The summed E-state index contributed by atoms with van der Waals surface area (Å²) in [5.41, 5.74) is 6.07. The topological polar surface area (TPSA) is 72.2 Å². The molecule has 0 aliphatic heterocycles. The molecule has 0 saturated carbocycles. The summed E-state index contributed by atoms with van der Waals surface area (Å²) < 4.78 is 11.9. The smallest absolute Gasteiger partial charge is 0.233 e. The molecule has 0 fully saturated rings. The quantitative estimate of drug-likeness (QED) is 0.801. The lowest BCUT2D eigenvalue weighted by Crippen LogP contribution is -2.29. The van der Waals surface area contributed by atoms with Crippen LogP contribution in [0.2, 0.25) is 5.02 Å². The molecule has 3 N–H and O–H groups in total. The van der Waals surface area contributed by atoms with Gasteiger partial charge < -0.3 is 11.1 Å². The summed E-state index contributed by atoms with van der Waals surface area (Å²) >= 11 is 5.79. The fraction of sp³-hybridized carbons (Fsp3) is 0.364. The Balaban J connectivity index is 2.69. The van der Waals surface area contributed by atoms with Crippen LogP contribution in [0.3, 0.4) is 0 Å². The largest absolute Gasteiger partial charge is 0.398 e. The molecule has 0 spiro atoms. The van der Waals surface area contributed by atoms with Crippen molar-refractivity contribution < 1.29 is 9.00 Å². The molecule has 0 aliphatic carbocycles. The maximum atomic E-state index is 11.9. The fourth-order valence-electron chi connectivity index (χ4n) is 1.22. The van der Waals surface area contributed by atoms with Crippen LogP contribution in [-0.4, -0.2) is 22.4 Å². The van der Waals surface area contributed by atoms with Gasteiger partial charge in [0.1, 0.15) is 5.75 Å². The average molecular weight is 275 g/mol. The number of nitrogens with one attached hydrogen (secondary N) is 1. The van der Waals surface area contributed by atoms with Gasteiger partial charge in [0.25, 0.3) is 0 Å². The Morgan fingerprint density at radius 2 is 2.24 bits per heavy atom. The van der Waals surface area contributed by atoms with Gasteiger partial charge in [-0.3, -0.25) is 9.00 Å². The van der Waals surface area contributed by atoms with Crippen molar-refractivity contribution in [3.63, 3.8) is 0 Å². The van der Waals surface area contributed by atoms with Crippen molar-refractivity contribution in [3.05, 3.63) is 23.2 Å². The van der Waals surface area contributed by atoms with Crippen molar-refractivity contribution >= 4 is 34.0 Å². The number of hydrogen-bond acceptors (Lipinski definition) is 3. The lowest BCUT2D eigenvalue weighted by atomic mass is 10.3. The molecule has 0 heterocycles. The Bertz CT molecular complexity index is 437. The van der Waals surface area contributed by atoms with Gasteiger partial charge in [0, 0.05) is 17.3 Å². The van der Waals surface area contributed by atoms with E-state index in [0.717, 1.165) is 6.42 Å². The number of carbonyl (C=O) groups is 1. The van der Waals surface area contributed by atoms with Crippen molar-refractivity contribution in [1.82, 2.24) is 5.32 Å². The third kappa shape index (κ3) is 4.36. The van der Waals surface area contributed by atoms with Crippen molar-refractivity contribution in [2.75, 3.05) is 18.0 Å². The number of benzene rings is 1. The monoisotopic (exact) mass is 274 g/mol. The first-order valence-corrected chi connectivity index (χ1v) is 6.94. The van der Waals surface area contributed by atoms with Gasteiger partial charge in [-0.1, -0.05) is 18.5 Å². The number of nitrogen functional groups attached to an aromatic ring is 1. The summed E-state index contributed by atoms with van der Waals surface area (Å²) in [4.78, 5) is 11.8. The van der Waals surface area contributed by atoms with Crippen LogP contribution < -0.4 is 11.1 Å². The SMILES string of the molecule is CCCNC(=O)CS(=O)c1cc(Cl)ccc1N. The van der Waals surface area contributed by atoms with Crippen molar-refractivity contribution in [2.24, 2.45) is 0 Å². The Morgan fingerprint density at radius 1 is 1.53 bits per heavy atom. The molecule has 1 rings (SSSR count). The van der Waals surface area contributed by atoms with Gasteiger partial charge in [0.15, 0.2) is 0 Å². The van der Waals surface area contributed by atoms with Gasteiger partial charge in [0.2, 0.25) is 5.91 Å². The van der Waals surface area contributed by atoms with Crippen LogP contribution >= 0.6 is 11.6 Å². The molecule has 4 nitrogen and oxygen atoms in total. The maximum Gasteiger partial charge on any atom is 0.233 e. The summed E-state index contributed by atoms with van der Waals surface area (Å²) in [5.74, 6) is -0.338. The molecule has 17 heavy (non-hydrogen) atoms. The molecular formula is C11H15ClN2O2S. The van der Waals surface area contributed by atoms with Gasteiger partial charge in [-0.15, -0.1) is 0 Å². The van der Waals surface area contributed by atoms with E-state index in [2.05, 4.69) is 5.32 Å². The van der Waals surface area contributed by atoms with E-state index in [1.807, 2.05) is 6.92 Å². The van der Waals surface area contributed by atoms with Crippen molar-refractivity contribution in [3.8, 4) is 0 Å². The maximum absolute atomic E-state index is 11.9. The zero-order valence-electron chi connectivity index (χ0n) is 9.53. The van der Waals surface area contributed by atoms with Gasteiger partial charge in [-0.25, -0.2) is 0 Å². The van der Waals surface area contributed by atoms with Gasteiger partial charge in [0.05, 0.1) is 15.7 Å².